The second-order valence-electron chi connectivity index (χ2n) is 10.4. The molecule has 0 aromatic heterocycles. The molecule has 0 heterocycles. The van der Waals surface area contributed by atoms with Crippen molar-refractivity contribution in [1.29, 1.82) is 0 Å². The molecular weight excluding hydrogens is 610 g/mol. The second-order valence-corrected chi connectivity index (χ2v) is 10.4. The summed E-state index contributed by atoms with van der Waals surface area (Å²) < 4.78 is 15.6. The molecule has 1 aromatic rings. The van der Waals surface area contributed by atoms with Crippen molar-refractivity contribution in [3.63, 3.8) is 0 Å². The number of ether oxygens (including phenoxy) is 3. The first-order chi connectivity index (χ1) is 23.1. The largest absolute Gasteiger partial charge is 0.463 e. The molecule has 1 amide bonds. The van der Waals surface area contributed by atoms with Gasteiger partial charge in [0.25, 0.3) is 0 Å². The Labute approximate surface area is 284 Å². The molecule has 9 nitrogen and oxygen atoms in total. The van der Waals surface area contributed by atoms with Crippen LogP contribution in [0.15, 0.2) is 24.3 Å². The molecule has 1 aromatic carbocycles. The highest BCUT2D eigenvalue weighted by Crippen LogP contribution is 2.30. The minimum atomic E-state index is -0.632. The van der Waals surface area contributed by atoms with Gasteiger partial charge in [-0.25, -0.2) is 0 Å². The molecule has 1 N–H and O–H groups in total. The summed E-state index contributed by atoms with van der Waals surface area (Å²) in [6.07, 6.45) is 0.780. The summed E-state index contributed by atoms with van der Waals surface area (Å²) in [5.74, 6) is 24.4. The standard InChI is InChI=1S/C39H41NO8/c1-6-8-9-10-11-12-13-14-15-16-17-24-40(5)36(42)22-23-37(43)46-27-28-48-38(44)33(7-2)30-35(39(45)47-26-25-41)29-32(4)34-20-18-31(3)19-21-34/h18-21,32-33,35,41H,7,22-23,25-30H2,1-5H3. The second kappa shape index (κ2) is 24.6. The molecule has 9 heteroatoms. The van der Waals surface area contributed by atoms with Gasteiger partial charge in [-0.15, -0.1) is 0 Å². The van der Waals surface area contributed by atoms with Gasteiger partial charge in [0, 0.05) is 49.1 Å². The molecule has 48 heavy (non-hydrogen) atoms. The third-order valence-electron chi connectivity index (χ3n) is 6.77. The van der Waals surface area contributed by atoms with Gasteiger partial charge in [-0.1, -0.05) is 49.6 Å². The molecule has 3 unspecified atom stereocenters. The molecule has 0 fully saturated rings. The number of aliphatic hydroxyl groups excluding tert-OH is 1. The molecule has 0 saturated carbocycles. The van der Waals surface area contributed by atoms with Crippen molar-refractivity contribution < 1.29 is 38.5 Å². The lowest BCUT2D eigenvalue weighted by Crippen LogP contribution is -2.28. The van der Waals surface area contributed by atoms with Crippen molar-refractivity contribution in [3.05, 3.63) is 35.4 Å². The zero-order valence-corrected chi connectivity index (χ0v) is 28.2. The van der Waals surface area contributed by atoms with E-state index >= 15 is 0 Å². The number of nitrogens with zero attached hydrogens (tertiary/aromatic N) is 1. The molecule has 0 aliphatic carbocycles. The predicted octanol–water partition coefficient (Wildman–Crippen LogP) is 3.38. The summed E-state index contributed by atoms with van der Waals surface area (Å²) in [5.41, 5.74) is 2.20. The molecule has 3 atom stereocenters. The van der Waals surface area contributed by atoms with Gasteiger partial charge in [-0.3, -0.25) is 24.1 Å². The molecular formula is C39H41NO8. The molecule has 250 valence electrons. The number of amides is 1. The van der Waals surface area contributed by atoms with Gasteiger partial charge in [0.1, 0.15) is 19.8 Å². The van der Waals surface area contributed by atoms with Gasteiger partial charge in [-0.2, -0.15) is 0 Å². The summed E-state index contributed by atoms with van der Waals surface area (Å²) in [4.78, 5) is 51.1. The van der Waals surface area contributed by atoms with E-state index < -0.39 is 35.7 Å². The number of hydrogen-bond acceptors (Lipinski definition) is 8. The van der Waals surface area contributed by atoms with Crippen molar-refractivity contribution in [2.45, 2.75) is 65.7 Å². The van der Waals surface area contributed by atoms with Gasteiger partial charge in [0.05, 0.1) is 24.9 Å². The topological polar surface area (TPSA) is 119 Å². The maximum absolute atomic E-state index is 12.8. The van der Waals surface area contributed by atoms with Gasteiger partial charge in [0.2, 0.25) is 5.91 Å². The number of carbonyl (C=O) groups excluding carboxylic acids is 4. The van der Waals surface area contributed by atoms with E-state index in [2.05, 4.69) is 71.2 Å². The quantitative estimate of drug-likeness (QED) is 0.0951. The summed E-state index contributed by atoms with van der Waals surface area (Å²) in [6, 6.07) is 10.6. The van der Waals surface area contributed by atoms with E-state index in [0.29, 0.717) is 12.8 Å². The van der Waals surface area contributed by atoms with Crippen LogP contribution in [0.2, 0.25) is 0 Å². The van der Waals surface area contributed by atoms with Crippen LogP contribution >= 0.6 is 0 Å². The Morgan fingerprint density at radius 2 is 1.29 bits per heavy atom. The van der Waals surface area contributed by atoms with Crippen molar-refractivity contribution in [2.24, 2.45) is 11.8 Å². The number of rotatable bonds is 16. The summed E-state index contributed by atoms with van der Waals surface area (Å²) in [5, 5.41) is 9.11. The highest BCUT2D eigenvalue weighted by molar-refractivity contribution is 5.82. The van der Waals surface area contributed by atoms with Gasteiger partial charge >= 0.3 is 17.9 Å². The Morgan fingerprint density at radius 1 is 0.750 bits per heavy atom. The zero-order valence-electron chi connectivity index (χ0n) is 28.2. The monoisotopic (exact) mass is 651 g/mol. The number of carbonyl (C=O) groups is 4. The average Bonchev–Trinajstić information content (AvgIpc) is 3.08. The van der Waals surface area contributed by atoms with Crippen LogP contribution in [0.5, 0.6) is 0 Å². The first kappa shape index (κ1) is 40.4. The smallest absolute Gasteiger partial charge is 0.309 e. The maximum Gasteiger partial charge on any atom is 0.309 e. The Hall–Kier alpha value is -5.58. The van der Waals surface area contributed by atoms with E-state index in [1.165, 1.54) is 7.05 Å². The first-order valence-corrected chi connectivity index (χ1v) is 15.5. The number of hydrogen-bond donors (Lipinski definition) is 1. The molecule has 0 spiro atoms. The summed E-state index contributed by atoms with van der Waals surface area (Å²) in [7, 11) is 1.45. The SMILES string of the molecule is CC#CC#CC#CC#CC#CC#CN(C)C(=O)CCC(=O)OCCOC(=O)C(CC)CC(CC(C)c1ccc(C)cc1)C(=O)OCCO. The van der Waals surface area contributed by atoms with Crippen LogP contribution in [0.4, 0.5) is 0 Å². The van der Waals surface area contributed by atoms with E-state index in [9.17, 15) is 19.2 Å². The van der Waals surface area contributed by atoms with Crippen LogP contribution in [0, 0.1) is 89.9 Å². The average molecular weight is 652 g/mol. The third kappa shape index (κ3) is 17.8. The zero-order chi connectivity index (χ0) is 35.6. The van der Waals surface area contributed by atoms with Gasteiger partial charge in [-0.05, 0) is 74.2 Å². The van der Waals surface area contributed by atoms with Crippen molar-refractivity contribution in [2.75, 3.05) is 33.5 Å². The summed E-state index contributed by atoms with van der Waals surface area (Å²) >= 11 is 0. The highest BCUT2D eigenvalue weighted by Gasteiger charge is 2.30. The number of esters is 3. The fraction of sp³-hybridized carbons (Fsp3) is 0.436. The molecule has 0 saturated heterocycles. The minimum Gasteiger partial charge on any atom is -0.463 e. The first-order valence-electron chi connectivity index (χ1n) is 15.5. The molecule has 1 rings (SSSR count). The van der Waals surface area contributed by atoms with Crippen LogP contribution in [0.3, 0.4) is 0 Å². The normalized spacial score (nSPS) is 11.0. The minimum absolute atomic E-state index is 0.0287. The number of aliphatic hydroxyl groups is 1. The van der Waals surface area contributed by atoms with E-state index in [-0.39, 0.29) is 51.6 Å². The Morgan fingerprint density at radius 3 is 1.88 bits per heavy atom. The van der Waals surface area contributed by atoms with Crippen LogP contribution < -0.4 is 0 Å². The molecule has 0 aliphatic heterocycles. The van der Waals surface area contributed by atoms with Crippen LogP contribution in [0.1, 0.15) is 69.9 Å². The highest BCUT2D eigenvalue weighted by atomic mass is 16.6. The van der Waals surface area contributed by atoms with Crippen molar-refractivity contribution in [1.82, 2.24) is 4.90 Å². The van der Waals surface area contributed by atoms with Gasteiger partial charge < -0.3 is 19.3 Å². The summed E-state index contributed by atoms with van der Waals surface area (Å²) in [6.45, 7) is 6.73. The molecule has 0 radical (unpaired) electrons. The number of aryl methyl sites for hydroxylation is 1. The van der Waals surface area contributed by atoms with Crippen LogP contribution in [-0.2, 0) is 33.4 Å². The maximum atomic E-state index is 12.8. The number of benzene rings is 1. The molecule has 0 bridgehead atoms. The lowest BCUT2D eigenvalue weighted by atomic mass is 9.84. The van der Waals surface area contributed by atoms with Gasteiger partial charge in [0.15, 0.2) is 0 Å². The van der Waals surface area contributed by atoms with E-state index in [4.69, 9.17) is 19.3 Å². The fourth-order valence-electron chi connectivity index (χ4n) is 4.13. The van der Waals surface area contributed by atoms with Crippen molar-refractivity contribution in [3.8, 4) is 71.2 Å². The third-order valence-corrected chi connectivity index (χ3v) is 6.77. The Balaban J connectivity index is 2.53. The fourth-order valence-corrected chi connectivity index (χ4v) is 4.13. The predicted molar refractivity (Wildman–Crippen MR) is 180 cm³/mol. The molecule has 0 aliphatic rings. The Bertz CT molecular complexity index is 1620. The van der Waals surface area contributed by atoms with Crippen molar-refractivity contribution >= 4 is 23.8 Å². The van der Waals surface area contributed by atoms with E-state index in [1.54, 1.807) is 6.92 Å². The van der Waals surface area contributed by atoms with Crippen LogP contribution in [-0.4, -0.2) is 67.3 Å². The Kier molecular flexibility index (Phi) is 20.7. The van der Waals surface area contributed by atoms with E-state index in [1.807, 2.05) is 45.0 Å². The lowest BCUT2D eigenvalue weighted by Gasteiger charge is -2.23. The lowest BCUT2D eigenvalue weighted by molar-refractivity contribution is -0.157. The van der Waals surface area contributed by atoms with E-state index in [0.717, 1.165) is 16.0 Å². The van der Waals surface area contributed by atoms with Crippen LogP contribution in [0.25, 0.3) is 0 Å².